The van der Waals surface area contributed by atoms with Crippen molar-refractivity contribution in [1.82, 2.24) is 4.90 Å². The van der Waals surface area contributed by atoms with Gasteiger partial charge in [0.05, 0.1) is 6.04 Å². The van der Waals surface area contributed by atoms with Crippen molar-refractivity contribution in [1.29, 1.82) is 0 Å². The summed E-state index contributed by atoms with van der Waals surface area (Å²) in [5.74, 6) is -1.04. The smallest absolute Gasteiger partial charge is 0.130 e. The minimum Gasteiger partial charge on any atom is -0.329 e. The Balaban J connectivity index is 3.07. The fraction of sp³-hybridized carbons (Fsp3) is 0.538. The van der Waals surface area contributed by atoms with Crippen LogP contribution in [0.3, 0.4) is 0 Å². The van der Waals surface area contributed by atoms with Crippen molar-refractivity contribution in [3.8, 4) is 0 Å². The molecule has 0 aromatic heterocycles. The molecule has 1 aromatic carbocycles. The quantitative estimate of drug-likeness (QED) is 0.831. The summed E-state index contributed by atoms with van der Waals surface area (Å²) in [6, 6.07) is 3.54. The Hall–Kier alpha value is -1.00. The van der Waals surface area contributed by atoms with Gasteiger partial charge in [0, 0.05) is 12.1 Å². The molecule has 96 valence electrons. The van der Waals surface area contributed by atoms with Gasteiger partial charge in [0.15, 0.2) is 0 Å². The molecule has 0 radical (unpaired) electrons. The number of likely N-dealkylation sites (N-methyl/N-ethyl adjacent to an activating group) is 1. The van der Waals surface area contributed by atoms with E-state index in [1.54, 1.807) is 0 Å². The summed E-state index contributed by atoms with van der Waals surface area (Å²) in [5.41, 5.74) is 5.76. The summed E-state index contributed by atoms with van der Waals surface area (Å²) in [4.78, 5) is 2.00. The van der Waals surface area contributed by atoms with Crippen molar-refractivity contribution < 1.29 is 8.78 Å². The lowest BCUT2D eigenvalue weighted by Crippen LogP contribution is -2.35. The number of hydrogen-bond acceptors (Lipinski definition) is 2. The predicted molar refractivity (Wildman–Crippen MR) is 65.7 cm³/mol. The molecule has 0 saturated carbocycles. The van der Waals surface area contributed by atoms with Crippen molar-refractivity contribution in [3.05, 3.63) is 35.4 Å². The van der Waals surface area contributed by atoms with Crippen molar-refractivity contribution in [2.24, 2.45) is 5.73 Å². The van der Waals surface area contributed by atoms with Gasteiger partial charge in [-0.1, -0.05) is 19.9 Å². The Labute approximate surface area is 101 Å². The molecule has 0 spiro atoms. The first-order valence-corrected chi connectivity index (χ1v) is 6.03. The highest BCUT2D eigenvalue weighted by Gasteiger charge is 2.23. The fourth-order valence-electron chi connectivity index (χ4n) is 2.10. The van der Waals surface area contributed by atoms with E-state index in [-0.39, 0.29) is 18.2 Å². The summed E-state index contributed by atoms with van der Waals surface area (Å²) in [5, 5.41) is 0. The van der Waals surface area contributed by atoms with E-state index in [4.69, 9.17) is 5.73 Å². The van der Waals surface area contributed by atoms with Crippen LogP contribution in [0, 0.1) is 11.6 Å². The van der Waals surface area contributed by atoms with Crippen molar-refractivity contribution in [2.75, 3.05) is 19.6 Å². The molecule has 0 heterocycles. The molecule has 2 N–H and O–H groups in total. The molecule has 0 aliphatic carbocycles. The third-order valence-electron chi connectivity index (χ3n) is 2.91. The van der Waals surface area contributed by atoms with Crippen LogP contribution in [-0.4, -0.2) is 24.5 Å². The van der Waals surface area contributed by atoms with Crippen LogP contribution in [0.2, 0.25) is 0 Å². The highest BCUT2D eigenvalue weighted by atomic mass is 19.1. The molecule has 1 atom stereocenters. The van der Waals surface area contributed by atoms with E-state index in [2.05, 4.69) is 0 Å². The first-order chi connectivity index (χ1) is 8.15. The first kappa shape index (κ1) is 14.1. The normalized spacial score (nSPS) is 13.1. The van der Waals surface area contributed by atoms with Crippen LogP contribution in [0.15, 0.2) is 18.2 Å². The van der Waals surface area contributed by atoms with E-state index in [1.807, 2.05) is 18.7 Å². The van der Waals surface area contributed by atoms with E-state index in [9.17, 15) is 8.78 Å². The number of nitrogens with zero attached hydrogens (tertiary/aromatic N) is 1. The summed E-state index contributed by atoms with van der Waals surface area (Å²) >= 11 is 0. The Morgan fingerprint density at radius 3 is 2.24 bits per heavy atom. The van der Waals surface area contributed by atoms with E-state index >= 15 is 0 Å². The van der Waals surface area contributed by atoms with Crippen LogP contribution in [0.1, 0.15) is 31.9 Å². The second-order valence-electron chi connectivity index (χ2n) is 4.02. The molecule has 0 amide bonds. The highest BCUT2D eigenvalue weighted by Crippen LogP contribution is 2.25. The minimum absolute atomic E-state index is 0.0882. The molecule has 0 aliphatic heterocycles. The molecule has 0 aliphatic rings. The maximum absolute atomic E-state index is 13.7. The minimum atomic E-state index is -0.519. The van der Waals surface area contributed by atoms with Crippen LogP contribution in [0.5, 0.6) is 0 Å². The second-order valence-corrected chi connectivity index (χ2v) is 4.02. The van der Waals surface area contributed by atoms with Gasteiger partial charge in [0.1, 0.15) is 11.6 Å². The van der Waals surface area contributed by atoms with Gasteiger partial charge in [-0.3, -0.25) is 4.90 Å². The molecule has 1 rings (SSSR count). The zero-order valence-corrected chi connectivity index (χ0v) is 10.4. The Morgan fingerprint density at radius 1 is 1.24 bits per heavy atom. The number of hydrogen-bond donors (Lipinski definition) is 1. The van der Waals surface area contributed by atoms with E-state index in [0.29, 0.717) is 0 Å². The third-order valence-corrected chi connectivity index (χ3v) is 2.91. The zero-order valence-electron chi connectivity index (χ0n) is 10.4. The van der Waals surface area contributed by atoms with Crippen molar-refractivity contribution in [3.63, 3.8) is 0 Å². The van der Waals surface area contributed by atoms with Gasteiger partial charge in [0.2, 0.25) is 0 Å². The summed E-state index contributed by atoms with van der Waals surface area (Å²) in [6.07, 6.45) is 0.931. The molecule has 2 nitrogen and oxygen atoms in total. The largest absolute Gasteiger partial charge is 0.329 e. The molecule has 0 saturated heterocycles. The van der Waals surface area contributed by atoms with E-state index in [0.717, 1.165) is 19.5 Å². The van der Waals surface area contributed by atoms with Gasteiger partial charge < -0.3 is 5.73 Å². The van der Waals surface area contributed by atoms with Gasteiger partial charge in [-0.25, -0.2) is 8.78 Å². The average Bonchev–Trinajstić information content (AvgIpc) is 2.32. The average molecular weight is 242 g/mol. The maximum atomic E-state index is 13.7. The lowest BCUT2D eigenvalue weighted by Gasteiger charge is -2.30. The molecular weight excluding hydrogens is 222 g/mol. The highest BCUT2D eigenvalue weighted by molar-refractivity contribution is 5.23. The maximum Gasteiger partial charge on any atom is 0.130 e. The van der Waals surface area contributed by atoms with Gasteiger partial charge in [-0.2, -0.15) is 0 Å². The number of benzene rings is 1. The molecule has 0 fully saturated rings. The summed E-state index contributed by atoms with van der Waals surface area (Å²) < 4.78 is 27.4. The topological polar surface area (TPSA) is 29.3 Å². The number of nitrogens with two attached hydrogens (primary N) is 1. The first-order valence-electron chi connectivity index (χ1n) is 6.03. The Morgan fingerprint density at radius 2 is 1.82 bits per heavy atom. The van der Waals surface area contributed by atoms with Crippen LogP contribution in [0.4, 0.5) is 8.78 Å². The van der Waals surface area contributed by atoms with Crippen LogP contribution in [0.25, 0.3) is 0 Å². The second kappa shape index (κ2) is 6.67. The van der Waals surface area contributed by atoms with Gasteiger partial charge >= 0.3 is 0 Å². The summed E-state index contributed by atoms with van der Waals surface area (Å²) in [6.45, 7) is 5.73. The predicted octanol–water partition coefficient (Wildman–Crippen LogP) is 2.70. The van der Waals surface area contributed by atoms with Crippen LogP contribution >= 0.6 is 0 Å². The monoisotopic (exact) mass is 242 g/mol. The SMILES string of the molecule is CCCN(CC)C(CN)c1c(F)cccc1F. The summed E-state index contributed by atoms with van der Waals surface area (Å²) in [7, 11) is 0. The third kappa shape index (κ3) is 3.23. The fourth-order valence-corrected chi connectivity index (χ4v) is 2.10. The zero-order chi connectivity index (χ0) is 12.8. The lowest BCUT2D eigenvalue weighted by atomic mass is 10.0. The van der Waals surface area contributed by atoms with Gasteiger partial charge in [-0.15, -0.1) is 0 Å². The Bertz CT molecular complexity index is 335. The molecule has 0 bridgehead atoms. The standard InChI is InChI=1S/C13H20F2N2/c1-3-8-17(4-2)12(9-16)13-10(14)6-5-7-11(13)15/h5-7,12H,3-4,8-9,16H2,1-2H3. The molecule has 1 unspecified atom stereocenters. The molecule has 17 heavy (non-hydrogen) atoms. The molecule has 4 heteroatoms. The van der Waals surface area contributed by atoms with Crippen LogP contribution in [-0.2, 0) is 0 Å². The number of rotatable bonds is 6. The van der Waals surface area contributed by atoms with Gasteiger partial charge in [-0.05, 0) is 31.6 Å². The van der Waals surface area contributed by atoms with E-state index in [1.165, 1.54) is 18.2 Å². The van der Waals surface area contributed by atoms with Crippen molar-refractivity contribution >= 4 is 0 Å². The lowest BCUT2D eigenvalue weighted by molar-refractivity contribution is 0.204. The van der Waals surface area contributed by atoms with Gasteiger partial charge in [0.25, 0.3) is 0 Å². The van der Waals surface area contributed by atoms with Crippen LogP contribution < -0.4 is 5.73 Å². The molecular formula is C13H20F2N2. The van der Waals surface area contributed by atoms with E-state index < -0.39 is 11.6 Å². The molecule has 1 aromatic rings. The van der Waals surface area contributed by atoms with Crippen molar-refractivity contribution in [2.45, 2.75) is 26.3 Å². The Kier molecular flexibility index (Phi) is 5.51. The number of halogens is 2.